The van der Waals surface area contributed by atoms with Crippen LogP contribution in [-0.2, 0) is 22.7 Å². The first-order valence-electron chi connectivity index (χ1n) is 11.2. The van der Waals surface area contributed by atoms with Crippen molar-refractivity contribution < 1.29 is 14.3 Å². The molecule has 1 N–H and O–H groups in total. The molecule has 168 valence electrons. The Morgan fingerprint density at radius 1 is 1.00 bits per heavy atom. The van der Waals surface area contributed by atoms with Crippen LogP contribution >= 0.6 is 0 Å². The number of benzene rings is 2. The number of nitrogens with zero attached hydrogens (tertiary/aromatic N) is 2. The van der Waals surface area contributed by atoms with E-state index in [1.54, 1.807) is 7.11 Å². The van der Waals surface area contributed by atoms with Gasteiger partial charge in [0.2, 0.25) is 5.91 Å². The molecule has 0 bridgehead atoms. The van der Waals surface area contributed by atoms with E-state index in [0.717, 1.165) is 62.5 Å². The topological polar surface area (TPSA) is 54.0 Å². The lowest BCUT2D eigenvalue weighted by Gasteiger charge is -2.23. The second-order valence-corrected chi connectivity index (χ2v) is 7.91. The number of nitrogens with one attached hydrogen (secondary N) is 1. The average Bonchev–Trinajstić information content (AvgIpc) is 3.04. The highest BCUT2D eigenvalue weighted by molar-refractivity contribution is 5.78. The van der Waals surface area contributed by atoms with Crippen molar-refractivity contribution in [2.24, 2.45) is 0 Å². The molecule has 0 atom stereocenters. The molecule has 0 radical (unpaired) electrons. The molecule has 1 saturated heterocycles. The van der Waals surface area contributed by atoms with Crippen LogP contribution in [0, 0.1) is 0 Å². The summed E-state index contributed by atoms with van der Waals surface area (Å²) >= 11 is 0. The number of ether oxygens (including phenoxy) is 2. The number of rotatable bonds is 10. The number of hydrogen-bond acceptors (Lipinski definition) is 5. The van der Waals surface area contributed by atoms with Gasteiger partial charge < -0.3 is 19.7 Å². The maximum absolute atomic E-state index is 12.6. The summed E-state index contributed by atoms with van der Waals surface area (Å²) < 4.78 is 10.9. The first kappa shape index (κ1) is 23.1. The predicted octanol–water partition coefficient (Wildman–Crippen LogP) is 3.45. The molecule has 0 unspecified atom stereocenters. The van der Waals surface area contributed by atoms with E-state index in [4.69, 9.17) is 9.47 Å². The molecule has 0 saturated carbocycles. The first-order valence-corrected chi connectivity index (χ1v) is 11.2. The fourth-order valence-corrected chi connectivity index (χ4v) is 3.83. The smallest absolute Gasteiger partial charge is 0.234 e. The first-order chi connectivity index (χ1) is 15.2. The van der Waals surface area contributed by atoms with Crippen LogP contribution in [0.1, 0.15) is 30.9 Å². The van der Waals surface area contributed by atoms with Gasteiger partial charge in [-0.25, -0.2) is 0 Å². The lowest BCUT2D eigenvalue weighted by atomic mass is 10.1. The molecule has 1 aliphatic rings. The van der Waals surface area contributed by atoms with E-state index >= 15 is 0 Å². The molecule has 2 aromatic rings. The van der Waals surface area contributed by atoms with Crippen molar-refractivity contribution in [2.75, 3.05) is 51.3 Å². The van der Waals surface area contributed by atoms with Crippen LogP contribution in [-0.4, -0.2) is 57.2 Å². The minimum absolute atomic E-state index is 0.0715. The van der Waals surface area contributed by atoms with E-state index in [0.29, 0.717) is 19.7 Å². The minimum atomic E-state index is 0.0715. The maximum Gasteiger partial charge on any atom is 0.234 e. The average molecular weight is 426 g/mol. The van der Waals surface area contributed by atoms with Crippen LogP contribution in [0.5, 0.6) is 5.75 Å². The largest absolute Gasteiger partial charge is 0.497 e. The molecular formula is C25H35N3O3. The third-order valence-electron chi connectivity index (χ3n) is 5.59. The van der Waals surface area contributed by atoms with Crippen molar-refractivity contribution in [1.82, 2.24) is 10.2 Å². The molecule has 6 heteroatoms. The summed E-state index contributed by atoms with van der Waals surface area (Å²) in [7, 11) is 1.68. The standard InChI is InChI=1S/C25H35N3O3/c1-3-17-31-20-22-8-5-4-7-21(22)18-26-25(29)19-27-13-6-14-28(16-15-27)23-9-11-24(30-2)12-10-23/h4-5,7-12H,3,6,13-20H2,1-2H3,(H,26,29). The Balaban J connectivity index is 1.46. The quantitative estimate of drug-likeness (QED) is 0.591. The van der Waals surface area contributed by atoms with E-state index in [1.807, 2.05) is 24.3 Å². The number of methoxy groups -OCH3 is 1. The van der Waals surface area contributed by atoms with Gasteiger partial charge in [-0.15, -0.1) is 0 Å². The number of anilines is 1. The van der Waals surface area contributed by atoms with Crippen molar-refractivity contribution in [1.29, 1.82) is 0 Å². The lowest BCUT2D eigenvalue weighted by molar-refractivity contribution is -0.122. The lowest BCUT2D eigenvalue weighted by Crippen LogP contribution is -2.39. The van der Waals surface area contributed by atoms with Gasteiger partial charge in [-0.1, -0.05) is 31.2 Å². The van der Waals surface area contributed by atoms with Gasteiger partial charge in [0.05, 0.1) is 20.3 Å². The summed E-state index contributed by atoms with van der Waals surface area (Å²) in [6.07, 6.45) is 2.04. The zero-order valence-corrected chi connectivity index (χ0v) is 18.8. The van der Waals surface area contributed by atoms with Gasteiger partial charge in [0, 0.05) is 45.0 Å². The second kappa shape index (κ2) is 12.3. The Morgan fingerprint density at radius 2 is 1.77 bits per heavy atom. The summed E-state index contributed by atoms with van der Waals surface area (Å²) in [4.78, 5) is 17.2. The van der Waals surface area contributed by atoms with Gasteiger partial charge in [-0.3, -0.25) is 9.69 Å². The second-order valence-electron chi connectivity index (χ2n) is 7.91. The molecule has 1 heterocycles. The Bertz CT molecular complexity index is 810. The Morgan fingerprint density at radius 3 is 2.52 bits per heavy atom. The van der Waals surface area contributed by atoms with E-state index in [9.17, 15) is 4.79 Å². The number of hydrogen-bond donors (Lipinski definition) is 1. The van der Waals surface area contributed by atoms with Gasteiger partial charge in [-0.2, -0.15) is 0 Å². The van der Waals surface area contributed by atoms with E-state index in [1.165, 1.54) is 5.69 Å². The van der Waals surface area contributed by atoms with Crippen molar-refractivity contribution in [3.63, 3.8) is 0 Å². The molecule has 31 heavy (non-hydrogen) atoms. The van der Waals surface area contributed by atoms with Crippen molar-refractivity contribution >= 4 is 11.6 Å². The van der Waals surface area contributed by atoms with Gasteiger partial charge in [-0.05, 0) is 48.2 Å². The monoisotopic (exact) mass is 425 g/mol. The molecular weight excluding hydrogens is 390 g/mol. The van der Waals surface area contributed by atoms with Gasteiger partial charge in [0.25, 0.3) is 0 Å². The molecule has 0 aromatic heterocycles. The van der Waals surface area contributed by atoms with Crippen LogP contribution in [0.15, 0.2) is 48.5 Å². The Kier molecular flexibility index (Phi) is 9.18. The Hall–Kier alpha value is -2.57. The van der Waals surface area contributed by atoms with Gasteiger partial charge in [0.15, 0.2) is 0 Å². The van der Waals surface area contributed by atoms with Crippen LogP contribution in [0.4, 0.5) is 5.69 Å². The van der Waals surface area contributed by atoms with E-state index < -0.39 is 0 Å². The molecule has 3 rings (SSSR count). The van der Waals surface area contributed by atoms with Crippen LogP contribution in [0.2, 0.25) is 0 Å². The highest BCUT2D eigenvalue weighted by Gasteiger charge is 2.17. The molecule has 1 amide bonds. The molecule has 0 aliphatic carbocycles. The van der Waals surface area contributed by atoms with Crippen molar-refractivity contribution in [3.8, 4) is 5.75 Å². The number of amides is 1. The van der Waals surface area contributed by atoms with Crippen LogP contribution in [0.3, 0.4) is 0 Å². The highest BCUT2D eigenvalue weighted by atomic mass is 16.5. The van der Waals surface area contributed by atoms with E-state index in [2.05, 4.69) is 46.3 Å². The number of carbonyl (C=O) groups is 1. The SMILES string of the molecule is CCCOCc1ccccc1CNC(=O)CN1CCCN(c2ccc(OC)cc2)CC1. The zero-order chi connectivity index (χ0) is 21.9. The summed E-state index contributed by atoms with van der Waals surface area (Å²) in [5.41, 5.74) is 3.46. The summed E-state index contributed by atoms with van der Waals surface area (Å²) in [6, 6.07) is 16.3. The van der Waals surface area contributed by atoms with Crippen LogP contribution in [0.25, 0.3) is 0 Å². The van der Waals surface area contributed by atoms with Gasteiger partial charge >= 0.3 is 0 Å². The van der Waals surface area contributed by atoms with Gasteiger partial charge in [0.1, 0.15) is 5.75 Å². The Labute approximate surface area is 186 Å². The molecule has 2 aromatic carbocycles. The molecule has 1 aliphatic heterocycles. The normalized spacial score (nSPS) is 14.8. The minimum Gasteiger partial charge on any atom is -0.497 e. The highest BCUT2D eigenvalue weighted by Crippen LogP contribution is 2.20. The fourth-order valence-electron chi connectivity index (χ4n) is 3.83. The molecule has 0 spiro atoms. The maximum atomic E-state index is 12.6. The predicted molar refractivity (Wildman–Crippen MR) is 124 cm³/mol. The third kappa shape index (κ3) is 7.26. The fraction of sp³-hybridized carbons (Fsp3) is 0.480. The third-order valence-corrected chi connectivity index (χ3v) is 5.59. The summed E-state index contributed by atoms with van der Waals surface area (Å²) in [5, 5.41) is 3.09. The van der Waals surface area contributed by atoms with Crippen LogP contribution < -0.4 is 15.0 Å². The molecule has 1 fully saturated rings. The molecule has 6 nitrogen and oxygen atoms in total. The van der Waals surface area contributed by atoms with Crippen molar-refractivity contribution in [2.45, 2.75) is 32.9 Å². The summed E-state index contributed by atoms with van der Waals surface area (Å²) in [5.74, 6) is 0.942. The summed E-state index contributed by atoms with van der Waals surface area (Å²) in [6.45, 7) is 8.14. The number of carbonyl (C=O) groups excluding carboxylic acids is 1. The zero-order valence-electron chi connectivity index (χ0n) is 18.8. The van der Waals surface area contributed by atoms with Crippen molar-refractivity contribution in [3.05, 3.63) is 59.7 Å². The van der Waals surface area contributed by atoms with E-state index in [-0.39, 0.29) is 5.91 Å².